The fourth-order valence-corrected chi connectivity index (χ4v) is 2.76. The molecule has 0 aliphatic carbocycles. The molecular formula is C13H20ClN3O2S. The van der Waals surface area contributed by atoms with Crippen LogP contribution in [0.1, 0.15) is 23.7 Å². The first-order chi connectivity index (χ1) is 9.08. The van der Waals surface area contributed by atoms with Gasteiger partial charge in [-0.2, -0.15) is 11.3 Å². The van der Waals surface area contributed by atoms with Crippen molar-refractivity contribution in [2.24, 2.45) is 5.73 Å². The van der Waals surface area contributed by atoms with Crippen LogP contribution in [0.5, 0.6) is 0 Å². The van der Waals surface area contributed by atoms with Gasteiger partial charge in [0, 0.05) is 44.0 Å². The van der Waals surface area contributed by atoms with Crippen molar-refractivity contribution in [3.8, 4) is 0 Å². The van der Waals surface area contributed by atoms with Gasteiger partial charge in [0.05, 0.1) is 5.56 Å². The zero-order valence-corrected chi connectivity index (χ0v) is 13.1. The molecule has 0 spiro atoms. The summed E-state index contributed by atoms with van der Waals surface area (Å²) in [5.41, 5.74) is 6.37. The Kier molecular flexibility index (Phi) is 6.45. The number of hydrogen-bond donors (Lipinski definition) is 1. The van der Waals surface area contributed by atoms with Crippen LogP contribution in [0.15, 0.2) is 16.8 Å². The SMILES string of the molecule is CC(N)CC(=O)N1CCN(C(=O)c2ccsc2)CC1.Cl. The van der Waals surface area contributed by atoms with Gasteiger partial charge in [0.2, 0.25) is 5.91 Å². The lowest BCUT2D eigenvalue weighted by molar-refractivity contribution is -0.132. The molecule has 0 radical (unpaired) electrons. The third-order valence-electron chi connectivity index (χ3n) is 3.18. The number of carbonyl (C=O) groups excluding carboxylic acids is 2. The molecule has 2 N–H and O–H groups in total. The number of nitrogens with zero attached hydrogens (tertiary/aromatic N) is 2. The van der Waals surface area contributed by atoms with Crippen molar-refractivity contribution in [1.82, 2.24) is 9.80 Å². The highest BCUT2D eigenvalue weighted by atomic mass is 35.5. The highest BCUT2D eigenvalue weighted by Crippen LogP contribution is 2.12. The van der Waals surface area contributed by atoms with Crippen LogP contribution in [-0.4, -0.2) is 53.8 Å². The van der Waals surface area contributed by atoms with E-state index in [2.05, 4.69) is 0 Å². The summed E-state index contributed by atoms with van der Waals surface area (Å²) in [4.78, 5) is 27.6. The number of hydrogen-bond acceptors (Lipinski definition) is 4. The van der Waals surface area contributed by atoms with Gasteiger partial charge >= 0.3 is 0 Å². The maximum atomic E-state index is 12.1. The minimum Gasteiger partial charge on any atom is -0.339 e. The van der Waals surface area contributed by atoms with Gasteiger partial charge in [0.15, 0.2) is 0 Å². The van der Waals surface area contributed by atoms with Gasteiger partial charge in [0.25, 0.3) is 5.91 Å². The summed E-state index contributed by atoms with van der Waals surface area (Å²) in [6.45, 7) is 4.22. The second-order valence-corrected chi connectivity index (χ2v) is 5.65. The lowest BCUT2D eigenvalue weighted by Gasteiger charge is -2.35. The van der Waals surface area contributed by atoms with Crippen LogP contribution < -0.4 is 5.73 Å². The Balaban J connectivity index is 0.00000200. The van der Waals surface area contributed by atoms with Crippen molar-refractivity contribution in [1.29, 1.82) is 0 Å². The maximum Gasteiger partial charge on any atom is 0.254 e. The summed E-state index contributed by atoms with van der Waals surface area (Å²) in [5.74, 6) is 0.137. The number of piperazine rings is 1. The lowest BCUT2D eigenvalue weighted by Crippen LogP contribution is -2.51. The molecule has 7 heteroatoms. The van der Waals surface area contributed by atoms with E-state index in [1.807, 2.05) is 23.8 Å². The van der Waals surface area contributed by atoms with E-state index in [0.29, 0.717) is 32.6 Å². The van der Waals surface area contributed by atoms with Crippen LogP contribution in [0.4, 0.5) is 0 Å². The number of nitrogens with two attached hydrogens (primary N) is 1. The minimum atomic E-state index is -0.113. The molecule has 1 aliphatic rings. The van der Waals surface area contributed by atoms with E-state index < -0.39 is 0 Å². The predicted octanol–water partition coefficient (Wildman–Crippen LogP) is 1.19. The van der Waals surface area contributed by atoms with Crippen molar-refractivity contribution < 1.29 is 9.59 Å². The Morgan fingerprint density at radius 3 is 2.40 bits per heavy atom. The molecule has 2 amide bonds. The maximum absolute atomic E-state index is 12.1. The van der Waals surface area contributed by atoms with Gasteiger partial charge in [-0.25, -0.2) is 0 Å². The number of rotatable bonds is 3. The molecule has 2 rings (SSSR count). The predicted molar refractivity (Wildman–Crippen MR) is 82.3 cm³/mol. The van der Waals surface area contributed by atoms with Crippen LogP contribution in [0, 0.1) is 0 Å². The molecule has 1 fully saturated rings. The fraction of sp³-hybridized carbons (Fsp3) is 0.538. The average molecular weight is 318 g/mol. The summed E-state index contributed by atoms with van der Waals surface area (Å²) in [7, 11) is 0. The van der Waals surface area contributed by atoms with Crippen molar-refractivity contribution in [2.45, 2.75) is 19.4 Å². The van der Waals surface area contributed by atoms with E-state index >= 15 is 0 Å². The molecule has 1 saturated heterocycles. The molecule has 1 aromatic rings. The minimum absolute atomic E-state index is 0. The van der Waals surface area contributed by atoms with Crippen LogP contribution in [0.3, 0.4) is 0 Å². The highest BCUT2D eigenvalue weighted by Gasteiger charge is 2.25. The van der Waals surface area contributed by atoms with Crippen LogP contribution in [0.25, 0.3) is 0 Å². The van der Waals surface area contributed by atoms with Gasteiger partial charge in [-0.15, -0.1) is 12.4 Å². The van der Waals surface area contributed by atoms with E-state index in [1.54, 1.807) is 9.80 Å². The van der Waals surface area contributed by atoms with Gasteiger partial charge < -0.3 is 15.5 Å². The Morgan fingerprint density at radius 2 is 1.90 bits per heavy atom. The molecule has 112 valence electrons. The zero-order valence-electron chi connectivity index (χ0n) is 11.4. The Hall–Kier alpha value is -1.11. The molecule has 1 aliphatic heterocycles. The van der Waals surface area contributed by atoms with Gasteiger partial charge in [-0.1, -0.05) is 0 Å². The monoisotopic (exact) mass is 317 g/mol. The summed E-state index contributed by atoms with van der Waals surface area (Å²) in [6.07, 6.45) is 0.373. The molecule has 5 nitrogen and oxygen atoms in total. The second-order valence-electron chi connectivity index (χ2n) is 4.87. The van der Waals surface area contributed by atoms with Crippen LogP contribution in [0.2, 0.25) is 0 Å². The first-order valence-corrected chi connectivity index (χ1v) is 7.37. The molecule has 0 saturated carbocycles. The molecule has 0 bridgehead atoms. The summed E-state index contributed by atoms with van der Waals surface area (Å²) >= 11 is 1.52. The number of halogens is 1. The van der Waals surface area contributed by atoms with Gasteiger partial charge in [-0.3, -0.25) is 9.59 Å². The number of amides is 2. The third-order valence-corrected chi connectivity index (χ3v) is 3.87. The highest BCUT2D eigenvalue weighted by molar-refractivity contribution is 7.08. The van der Waals surface area contributed by atoms with E-state index in [0.717, 1.165) is 5.56 Å². The Morgan fingerprint density at radius 1 is 1.30 bits per heavy atom. The standard InChI is InChI=1S/C13H19N3O2S.ClH/c1-10(14)8-12(17)15-3-5-16(6-4-15)13(18)11-2-7-19-9-11;/h2,7,9-10H,3-6,8,14H2,1H3;1H. The van der Waals surface area contributed by atoms with E-state index in [-0.39, 0.29) is 30.3 Å². The number of thiophene rings is 1. The average Bonchev–Trinajstić information content (AvgIpc) is 2.91. The fourth-order valence-electron chi connectivity index (χ4n) is 2.13. The van der Waals surface area contributed by atoms with E-state index in [4.69, 9.17) is 5.73 Å². The molecule has 2 heterocycles. The van der Waals surface area contributed by atoms with Crippen molar-refractivity contribution >= 4 is 35.6 Å². The Bertz CT molecular complexity index is 442. The molecule has 20 heavy (non-hydrogen) atoms. The lowest BCUT2D eigenvalue weighted by atomic mass is 10.2. The summed E-state index contributed by atoms with van der Waals surface area (Å²) < 4.78 is 0. The van der Waals surface area contributed by atoms with Crippen LogP contribution in [-0.2, 0) is 4.79 Å². The van der Waals surface area contributed by atoms with Gasteiger partial charge in [0.1, 0.15) is 0 Å². The largest absolute Gasteiger partial charge is 0.339 e. The Labute approximate surface area is 129 Å². The normalized spacial score (nSPS) is 16.5. The summed E-state index contributed by atoms with van der Waals surface area (Å²) in [6, 6.07) is 1.72. The van der Waals surface area contributed by atoms with Crippen molar-refractivity contribution in [2.75, 3.05) is 26.2 Å². The smallest absolute Gasteiger partial charge is 0.254 e. The molecule has 0 aromatic carbocycles. The molecule has 1 atom stereocenters. The second kappa shape index (κ2) is 7.61. The topological polar surface area (TPSA) is 66.6 Å². The molecule has 1 unspecified atom stereocenters. The quantitative estimate of drug-likeness (QED) is 0.910. The third kappa shape index (κ3) is 4.19. The first-order valence-electron chi connectivity index (χ1n) is 6.42. The number of carbonyl (C=O) groups is 2. The van der Waals surface area contributed by atoms with Crippen LogP contribution >= 0.6 is 23.7 Å². The van der Waals surface area contributed by atoms with E-state index in [9.17, 15) is 9.59 Å². The molecular weight excluding hydrogens is 298 g/mol. The first kappa shape index (κ1) is 16.9. The summed E-state index contributed by atoms with van der Waals surface area (Å²) in [5, 5.41) is 3.76. The van der Waals surface area contributed by atoms with Crippen molar-refractivity contribution in [3.63, 3.8) is 0 Å². The van der Waals surface area contributed by atoms with Crippen molar-refractivity contribution in [3.05, 3.63) is 22.4 Å². The zero-order chi connectivity index (χ0) is 13.8. The molecule has 1 aromatic heterocycles. The van der Waals surface area contributed by atoms with E-state index in [1.165, 1.54) is 11.3 Å². The van der Waals surface area contributed by atoms with Gasteiger partial charge in [-0.05, 0) is 18.4 Å².